The Labute approximate surface area is 128 Å². The standard InChI is InChI=1S/C16H29N3O2/c1-13-11-14(2)19(17-13)12-15(3)18-7-5-16(6-8-18)21-10-9-20-4/h11,15-16H,5-10,12H2,1-4H3. The molecule has 0 spiro atoms. The predicted molar refractivity (Wildman–Crippen MR) is 83.6 cm³/mol. The molecule has 1 aliphatic rings. The summed E-state index contributed by atoms with van der Waals surface area (Å²) in [7, 11) is 1.71. The molecule has 1 atom stereocenters. The second-order valence-corrected chi connectivity index (χ2v) is 6.06. The van der Waals surface area contributed by atoms with Crippen molar-refractivity contribution in [1.29, 1.82) is 0 Å². The summed E-state index contributed by atoms with van der Waals surface area (Å²) < 4.78 is 13.0. The van der Waals surface area contributed by atoms with E-state index >= 15 is 0 Å². The Balaban J connectivity index is 1.75. The fourth-order valence-corrected chi connectivity index (χ4v) is 3.01. The van der Waals surface area contributed by atoms with Crippen LogP contribution >= 0.6 is 0 Å². The zero-order valence-electron chi connectivity index (χ0n) is 13.8. The molecule has 2 rings (SSSR count). The van der Waals surface area contributed by atoms with Crippen LogP contribution in [-0.4, -0.2) is 60.2 Å². The molecule has 1 unspecified atom stereocenters. The number of methoxy groups -OCH3 is 1. The van der Waals surface area contributed by atoms with E-state index in [1.54, 1.807) is 7.11 Å². The number of hydrogen-bond donors (Lipinski definition) is 0. The molecule has 0 radical (unpaired) electrons. The average Bonchev–Trinajstić information content (AvgIpc) is 2.78. The van der Waals surface area contributed by atoms with Gasteiger partial charge >= 0.3 is 0 Å². The highest BCUT2D eigenvalue weighted by Gasteiger charge is 2.23. The third-order valence-corrected chi connectivity index (χ3v) is 4.28. The lowest BCUT2D eigenvalue weighted by Gasteiger charge is -2.36. The lowest BCUT2D eigenvalue weighted by molar-refractivity contribution is -0.0213. The Kier molecular flexibility index (Phi) is 6.21. The van der Waals surface area contributed by atoms with Crippen LogP contribution in [0.1, 0.15) is 31.2 Å². The third-order valence-electron chi connectivity index (χ3n) is 4.28. The molecule has 0 aliphatic carbocycles. The molecule has 5 nitrogen and oxygen atoms in total. The van der Waals surface area contributed by atoms with E-state index in [0.717, 1.165) is 38.2 Å². The SMILES string of the molecule is COCCOC1CCN(C(C)Cn2nc(C)cc2C)CC1. The molecular weight excluding hydrogens is 266 g/mol. The molecule has 5 heteroatoms. The number of aryl methyl sites for hydroxylation is 2. The van der Waals surface area contributed by atoms with Crippen molar-refractivity contribution in [1.82, 2.24) is 14.7 Å². The lowest BCUT2D eigenvalue weighted by Crippen LogP contribution is -2.44. The minimum Gasteiger partial charge on any atom is -0.382 e. The van der Waals surface area contributed by atoms with E-state index in [-0.39, 0.29) is 0 Å². The molecule has 2 heterocycles. The van der Waals surface area contributed by atoms with Crippen molar-refractivity contribution in [2.45, 2.75) is 52.3 Å². The summed E-state index contributed by atoms with van der Waals surface area (Å²) >= 11 is 0. The second-order valence-electron chi connectivity index (χ2n) is 6.06. The molecule has 21 heavy (non-hydrogen) atoms. The maximum Gasteiger partial charge on any atom is 0.0704 e. The van der Waals surface area contributed by atoms with Crippen molar-refractivity contribution in [3.63, 3.8) is 0 Å². The smallest absolute Gasteiger partial charge is 0.0704 e. The third kappa shape index (κ3) is 4.80. The molecular formula is C16H29N3O2. The van der Waals surface area contributed by atoms with Gasteiger partial charge in [-0.3, -0.25) is 9.58 Å². The van der Waals surface area contributed by atoms with E-state index in [0.29, 0.717) is 25.4 Å². The molecule has 0 bridgehead atoms. The van der Waals surface area contributed by atoms with Crippen molar-refractivity contribution in [2.24, 2.45) is 0 Å². The van der Waals surface area contributed by atoms with E-state index < -0.39 is 0 Å². The number of ether oxygens (including phenoxy) is 2. The highest BCUT2D eigenvalue weighted by molar-refractivity contribution is 5.06. The molecule has 0 saturated carbocycles. The minimum absolute atomic E-state index is 0.400. The van der Waals surface area contributed by atoms with E-state index in [4.69, 9.17) is 9.47 Å². The highest BCUT2D eigenvalue weighted by Crippen LogP contribution is 2.17. The summed E-state index contributed by atoms with van der Waals surface area (Å²) in [6.07, 6.45) is 2.63. The quantitative estimate of drug-likeness (QED) is 0.722. The van der Waals surface area contributed by atoms with Crippen LogP contribution in [0.2, 0.25) is 0 Å². The van der Waals surface area contributed by atoms with Crippen molar-refractivity contribution < 1.29 is 9.47 Å². The lowest BCUT2D eigenvalue weighted by atomic mass is 10.1. The topological polar surface area (TPSA) is 39.5 Å². The van der Waals surface area contributed by atoms with Gasteiger partial charge in [0.05, 0.1) is 31.6 Å². The molecule has 1 fully saturated rings. The van der Waals surface area contributed by atoms with Crippen LogP contribution < -0.4 is 0 Å². The zero-order chi connectivity index (χ0) is 15.2. The van der Waals surface area contributed by atoms with Crippen molar-refractivity contribution in [3.8, 4) is 0 Å². The van der Waals surface area contributed by atoms with Crippen molar-refractivity contribution in [3.05, 3.63) is 17.5 Å². The van der Waals surface area contributed by atoms with Gasteiger partial charge in [-0.1, -0.05) is 0 Å². The minimum atomic E-state index is 0.400. The second kappa shape index (κ2) is 7.92. The maximum absolute atomic E-state index is 5.82. The first kappa shape index (κ1) is 16.5. The van der Waals surface area contributed by atoms with Crippen LogP contribution in [0, 0.1) is 13.8 Å². The summed E-state index contributed by atoms with van der Waals surface area (Å²) in [4.78, 5) is 2.55. The molecule has 0 N–H and O–H groups in total. The molecule has 120 valence electrons. The molecule has 0 aromatic carbocycles. The van der Waals surface area contributed by atoms with Gasteiger partial charge in [0.25, 0.3) is 0 Å². The van der Waals surface area contributed by atoms with Crippen LogP contribution in [0.5, 0.6) is 0 Å². The maximum atomic E-state index is 5.82. The summed E-state index contributed by atoms with van der Waals surface area (Å²) in [5.41, 5.74) is 2.35. The van der Waals surface area contributed by atoms with Crippen LogP contribution in [0.3, 0.4) is 0 Å². The first-order chi connectivity index (χ1) is 10.1. The molecule has 1 aromatic rings. The van der Waals surface area contributed by atoms with Crippen LogP contribution in [0.15, 0.2) is 6.07 Å². The van der Waals surface area contributed by atoms with Gasteiger partial charge in [0.15, 0.2) is 0 Å². The molecule has 0 amide bonds. The van der Waals surface area contributed by atoms with Crippen molar-refractivity contribution in [2.75, 3.05) is 33.4 Å². The van der Waals surface area contributed by atoms with Gasteiger partial charge in [-0.2, -0.15) is 5.10 Å². The van der Waals surface area contributed by atoms with E-state index in [1.807, 2.05) is 0 Å². The number of piperidine rings is 1. The fourth-order valence-electron chi connectivity index (χ4n) is 3.01. The largest absolute Gasteiger partial charge is 0.382 e. The summed E-state index contributed by atoms with van der Waals surface area (Å²) in [5, 5.41) is 4.56. The van der Waals surface area contributed by atoms with Crippen LogP contribution in [0.25, 0.3) is 0 Å². The Morgan fingerprint density at radius 1 is 1.29 bits per heavy atom. The van der Waals surface area contributed by atoms with E-state index in [9.17, 15) is 0 Å². The fraction of sp³-hybridized carbons (Fsp3) is 0.812. The Morgan fingerprint density at radius 2 is 2.00 bits per heavy atom. The highest BCUT2D eigenvalue weighted by atomic mass is 16.5. The summed E-state index contributed by atoms with van der Waals surface area (Å²) in [6.45, 7) is 11.1. The van der Waals surface area contributed by atoms with Gasteiger partial charge in [-0.15, -0.1) is 0 Å². The molecule has 1 aromatic heterocycles. The summed E-state index contributed by atoms with van der Waals surface area (Å²) in [6, 6.07) is 2.66. The first-order valence-electron chi connectivity index (χ1n) is 7.95. The van der Waals surface area contributed by atoms with Gasteiger partial charge in [0.2, 0.25) is 0 Å². The monoisotopic (exact) mass is 295 g/mol. The number of nitrogens with zero attached hydrogens (tertiary/aromatic N) is 3. The van der Waals surface area contributed by atoms with Crippen molar-refractivity contribution >= 4 is 0 Å². The number of likely N-dealkylation sites (tertiary alicyclic amines) is 1. The predicted octanol–water partition coefficient (Wildman–Crippen LogP) is 2.02. The van der Waals surface area contributed by atoms with E-state index in [2.05, 4.69) is 41.5 Å². The van der Waals surface area contributed by atoms with Crippen LogP contribution in [-0.2, 0) is 16.0 Å². The molecule has 1 aliphatic heterocycles. The number of hydrogen-bond acceptors (Lipinski definition) is 4. The Hall–Kier alpha value is -0.910. The Morgan fingerprint density at radius 3 is 2.57 bits per heavy atom. The summed E-state index contributed by atoms with van der Waals surface area (Å²) in [5.74, 6) is 0. The number of rotatable bonds is 7. The first-order valence-corrected chi connectivity index (χ1v) is 7.95. The van der Waals surface area contributed by atoms with Gasteiger partial charge in [-0.05, 0) is 39.7 Å². The number of aromatic nitrogens is 2. The normalized spacial score (nSPS) is 19.0. The average molecular weight is 295 g/mol. The Bertz CT molecular complexity index is 425. The molecule has 1 saturated heterocycles. The van der Waals surface area contributed by atoms with Gasteiger partial charge in [0.1, 0.15) is 0 Å². The van der Waals surface area contributed by atoms with Crippen LogP contribution in [0.4, 0.5) is 0 Å². The van der Waals surface area contributed by atoms with Gasteiger partial charge in [0, 0.05) is 31.9 Å². The van der Waals surface area contributed by atoms with Gasteiger partial charge < -0.3 is 9.47 Å². The zero-order valence-corrected chi connectivity index (χ0v) is 13.8. The van der Waals surface area contributed by atoms with E-state index in [1.165, 1.54) is 5.69 Å². The van der Waals surface area contributed by atoms with Gasteiger partial charge in [-0.25, -0.2) is 0 Å².